The fourth-order valence-corrected chi connectivity index (χ4v) is 6.21. The molecule has 1 aromatic rings. The number of ketones is 1. The van der Waals surface area contributed by atoms with Gasteiger partial charge in [-0.2, -0.15) is 0 Å². The summed E-state index contributed by atoms with van der Waals surface area (Å²) in [6, 6.07) is 6.48. The van der Waals surface area contributed by atoms with E-state index in [0.717, 1.165) is 41.8 Å². The SMILES string of the molecule is CC[C@H]1C[C@H]2C[C@@H]3C1N(CC[C@]31Nc3ccc(OC)cc3C1=O)C2. The minimum absolute atomic E-state index is 0.309. The number of nitrogens with zero attached hydrogens (tertiary/aromatic N) is 1. The molecule has 4 aliphatic heterocycles. The van der Waals surface area contributed by atoms with E-state index in [4.69, 9.17) is 4.74 Å². The molecule has 4 heterocycles. The fraction of sp³-hybridized carbons (Fsp3) is 0.650. The topological polar surface area (TPSA) is 41.6 Å². The van der Waals surface area contributed by atoms with E-state index in [0.29, 0.717) is 17.7 Å². The van der Waals surface area contributed by atoms with Gasteiger partial charge in [-0.3, -0.25) is 9.69 Å². The summed E-state index contributed by atoms with van der Waals surface area (Å²) in [5, 5.41) is 3.70. The van der Waals surface area contributed by atoms with E-state index < -0.39 is 0 Å². The van der Waals surface area contributed by atoms with Crippen LogP contribution in [-0.2, 0) is 0 Å². The molecular formula is C20H26N2O2. The number of rotatable bonds is 2. The summed E-state index contributed by atoms with van der Waals surface area (Å²) in [4.78, 5) is 16.2. The third kappa shape index (κ3) is 1.75. The van der Waals surface area contributed by atoms with Crippen molar-refractivity contribution in [1.29, 1.82) is 0 Å². The zero-order chi connectivity index (χ0) is 16.5. The molecule has 4 fully saturated rings. The number of fused-ring (bicyclic) bond motifs is 2. The lowest BCUT2D eigenvalue weighted by Crippen LogP contribution is -2.70. The molecule has 0 amide bonds. The highest BCUT2D eigenvalue weighted by atomic mass is 16.5. The van der Waals surface area contributed by atoms with Gasteiger partial charge in [0.05, 0.1) is 7.11 Å². The highest BCUT2D eigenvalue weighted by Crippen LogP contribution is 2.55. The largest absolute Gasteiger partial charge is 0.497 e. The monoisotopic (exact) mass is 326 g/mol. The molecule has 1 aromatic carbocycles. The number of ether oxygens (including phenoxy) is 1. The van der Waals surface area contributed by atoms with Crippen LogP contribution in [0.1, 0.15) is 43.0 Å². The van der Waals surface area contributed by atoms with Crippen LogP contribution in [0.15, 0.2) is 18.2 Å². The van der Waals surface area contributed by atoms with Crippen LogP contribution >= 0.6 is 0 Å². The van der Waals surface area contributed by atoms with Crippen molar-refractivity contribution in [3.05, 3.63) is 23.8 Å². The number of Topliss-reactive ketones (excluding diaryl/α,β-unsaturated/α-hetero) is 1. The second-order valence-corrected chi connectivity index (χ2v) is 8.18. The van der Waals surface area contributed by atoms with Gasteiger partial charge in [-0.25, -0.2) is 0 Å². The lowest BCUT2D eigenvalue weighted by atomic mass is 9.56. The molecule has 5 aliphatic rings. The number of anilines is 1. The van der Waals surface area contributed by atoms with Crippen LogP contribution in [0, 0.1) is 17.8 Å². The number of carbonyl (C=O) groups is 1. The Morgan fingerprint density at radius 1 is 1.38 bits per heavy atom. The van der Waals surface area contributed by atoms with Crippen molar-refractivity contribution in [2.75, 3.05) is 25.5 Å². The Morgan fingerprint density at radius 2 is 2.25 bits per heavy atom. The Labute approximate surface area is 143 Å². The molecule has 6 rings (SSSR count). The first-order valence-corrected chi connectivity index (χ1v) is 9.41. The molecule has 3 saturated heterocycles. The van der Waals surface area contributed by atoms with Crippen molar-refractivity contribution in [3.8, 4) is 5.75 Å². The van der Waals surface area contributed by atoms with E-state index in [2.05, 4.69) is 17.1 Å². The van der Waals surface area contributed by atoms with Gasteiger partial charge in [0.15, 0.2) is 5.78 Å². The van der Waals surface area contributed by atoms with E-state index in [-0.39, 0.29) is 5.54 Å². The van der Waals surface area contributed by atoms with Gasteiger partial charge in [0.25, 0.3) is 0 Å². The van der Waals surface area contributed by atoms with Crippen molar-refractivity contribution in [1.82, 2.24) is 4.90 Å². The van der Waals surface area contributed by atoms with Gasteiger partial charge in [-0.15, -0.1) is 0 Å². The highest BCUT2D eigenvalue weighted by Gasteiger charge is 2.61. The maximum absolute atomic E-state index is 13.5. The molecule has 128 valence electrons. The summed E-state index contributed by atoms with van der Waals surface area (Å²) in [5.74, 6) is 3.07. The molecule has 1 spiro atoms. The molecule has 2 unspecified atom stereocenters. The molecular weight excluding hydrogens is 300 g/mol. The van der Waals surface area contributed by atoms with Crippen molar-refractivity contribution in [2.45, 2.75) is 44.2 Å². The molecule has 4 bridgehead atoms. The Morgan fingerprint density at radius 3 is 3.04 bits per heavy atom. The lowest BCUT2D eigenvalue weighted by Gasteiger charge is -2.62. The predicted molar refractivity (Wildman–Crippen MR) is 93.7 cm³/mol. The predicted octanol–water partition coefficient (Wildman–Crippen LogP) is 3.18. The summed E-state index contributed by atoms with van der Waals surface area (Å²) < 4.78 is 5.34. The van der Waals surface area contributed by atoms with Crippen molar-refractivity contribution < 1.29 is 9.53 Å². The van der Waals surface area contributed by atoms with Crippen LogP contribution in [0.3, 0.4) is 0 Å². The minimum atomic E-state index is -0.373. The van der Waals surface area contributed by atoms with Gasteiger partial charge >= 0.3 is 0 Å². The van der Waals surface area contributed by atoms with E-state index in [1.807, 2.05) is 18.2 Å². The number of hydrogen-bond acceptors (Lipinski definition) is 4. The Hall–Kier alpha value is -1.55. The molecule has 1 aliphatic carbocycles. The third-order valence-electron chi connectivity index (χ3n) is 7.22. The number of piperidine rings is 3. The number of hydrogen-bond donors (Lipinski definition) is 1. The standard InChI is InChI=1S/C20H26N2O2/c1-3-13-8-12-9-16-18(13)22(11-12)7-6-20(16)19(23)15-10-14(24-2)4-5-17(15)21-20/h4-5,10,12-13,16,18,21H,3,6-9,11H2,1-2H3/t12-,13-,16+,18?,20-/m0/s1. The van der Waals surface area contributed by atoms with Crippen LogP contribution in [0.25, 0.3) is 0 Å². The lowest BCUT2D eigenvalue weighted by molar-refractivity contribution is -0.0893. The van der Waals surface area contributed by atoms with Crippen LogP contribution < -0.4 is 10.1 Å². The van der Waals surface area contributed by atoms with Crippen LogP contribution in [0.2, 0.25) is 0 Å². The van der Waals surface area contributed by atoms with E-state index in [1.165, 1.54) is 25.8 Å². The second-order valence-electron chi connectivity index (χ2n) is 8.18. The summed E-state index contributed by atoms with van der Waals surface area (Å²) in [6.07, 6.45) is 4.74. The summed E-state index contributed by atoms with van der Waals surface area (Å²) in [7, 11) is 1.66. The Kier molecular flexibility index (Phi) is 3.06. The number of carbonyl (C=O) groups excluding carboxylic acids is 1. The first kappa shape index (κ1) is 14.8. The van der Waals surface area contributed by atoms with Gasteiger partial charge < -0.3 is 10.1 Å². The van der Waals surface area contributed by atoms with Crippen molar-refractivity contribution in [3.63, 3.8) is 0 Å². The van der Waals surface area contributed by atoms with E-state index in [9.17, 15) is 4.79 Å². The zero-order valence-electron chi connectivity index (χ0n) is 14.5. The molecule has 24 heavy (non-hydrogen) atoms. The highest BCUT2D eigenvalue weighted by molar-refractivity contribution is 6.14. The van der Waals surface area contributed by atoms with Crippen LogP contribution in [0.4, 0.5) is 5.69 Å². The van der Waals surface area contributed by atoms with Gasteiger partial charge in [-0.05, 0) is 49.3 Å². The summed E-state index contributed by atoms with van der Waals surface area (Å²) in [5.41, 5.74) is 1.46. The molecule has 0 aromatic heterocycles. The Balaban J connectivity index is 1.56. The fourth-order valence-electron chi connectivity index (χ4n) is 6.21. The van der Waals surface area contributed by atoms with Gasteiger partial charge in [-0.1, -0.05) is 13.3 Å². The normalized spacial score (nSPS) is 42.1. The van der Waals surface area contributed by atoms with Crippen molar-refractivity contribution in [2.24, 2.45) is 17.8 Å². The number of nitrogens with one attached hydrogen (secondary N) is 1. The summed E-state index contributed by atoms with van der Waals surface area (Å²) >= 11 is 0. The Bertz CT molecular complexity index is 695. The first-order chi connectivity index (χ1) is 11.7. The first-order valence-electron chi connectivity index (χ1n) is 9.41. The quantitative estimate of drug-likeness (QED) is 0.906. The molecule has 6 atom stereocenters. The average Bonchev–Trinajstić information content (AvgIpc) is 2.91. The van der Waals surface area contributed by atoms with Gasteiger partial charge in [0.1, 0.15) is 11.3 Å². The number of benzene rings is 1. The molecule has 1 N–H and O–H groups in total. The van der Waals surface area contributed by atoms with Gasteiger partial charge in [0.2, 0.25) is 0 Å². The van der Waals surface area contributed by atoms with E-state index in [1.54, 1.807) is 7.11 Å². The molecule has 4 nitrogen and oxygen atoms in total. The van der Waals surface area contributed by atoms with E-state index >= 15 is 0 Å². The maximum Gasteiger partial charge on any atom is 0.190 e. The second kappa shape index (κ2) is 4.98. The zero-order valence-corrected chi connectivity index (χ0v) is 14.5. The van der Waals surface area contributed by atoms with Crippen molar-refractivity contribution >= 4 is 11.5 Å². The molecule has 0 radical (unpaired) electrons. The van der Waals surface area contributed by atoms with Crippen LogP contribution in [-0.4, -0.2) is 42.5 Å². The third-order valence-corrected chi connectivity index (χ3v) is 7.22. The number of methoxy groups -OCH3 is 1. The minimum Gasteiger partial charge on any atom is -0.497 e. The molecule has 4 heteroatoms. The smallest absolute Gasteiger partial charge is 0.190 e. The average molecular weight is 326 g/mol. The van der Waals surface area contributed by atoms with Gasteiger partial charge in [0, 0.05) is 36.3 Å². The summed E-state index contributed by atoms with van der Waals surface area (Å²) in [6.45, 7) is 4.62. The molecule has 1 saturated carbocycles. The van der Waals surface area contributed by atoms with Crippen LogP contribution in [0.5, 0.6) is 5.75 Å². The maximum atomic E-state index is 13.5.